The molecule has 0 aliphatic rings. The van der Waals surface area contributed by atoms with E-state index in [0.717, 1.165) is 5.56 Å². The van der Waals surface area contributed by atoms with Crippen LogP contribution in [0.3, 0.4) is 0 Å². The Balaban J connectivity index is 1.85. The minimum atomic E-state index is -4.19. The van der Waals surface area contributed by atoms with Crippen molar-refractivity contribution < 1.29 is 26.9 Å². The molecule has 3 aromatic carbocycles. The van der Waals surface area contributed by atoms with E-state index in [1.165, 1.54) is 30.3 Å². The lowest BCUT2D eigenvalue weighted by Crippen LogP contribution is -2.20. The third-order valence-electron chi connectivity index (χ3n) is 4.27. The largest absolute Gasteiger partial charge is 0.462 e. The van der Waals surface area contributed by atoms with Crippen LogP contribution in [0.4, 0.5) is 16.2 Å². The number of carbonyl (C=O) groups is 2. The molecule has 0 saturated heterocycles. The van der Waals surface area contributed by atoms with Crippen LogP contribution in [0.15, 0.2) is 77.7 Å². The number of amides is 2. The summed E-state index contributed by atoms with van der Waals surface area (Å²) < 4.78 is 35.6. The molecule has 0 unspecified atom stereocenters. The van der Waals surface area contributed by atoms with E-state index in [1.54, 1.807) is 43.3 Å². The third-order valence-corrected chi connectivity index (χ3v) is 5.52. The van der Waals surface area contributed by atoms with Crippen LogP contribution in [0.1, 0.15) is 22.8 Å². The average Bonchev–Trinajstić information content (AvgIpc) is 2.75. The quantitative estimate of drug-likeness (QED) is 0.399. The molecule has 2 amide bonds. The summed E-state index contributed by atoms with van der Waals surface area (Å²) in [6.45, 7) is 3.53. The summed E-state index contributed by atoms with van der Waals surface area (Å²) in [6, 6.07) is 18.4. The first-order chi connectivity index (χ1) is 15.3. The lowest BCUT2D eigenvalue weighted by Gasteiger charge is -2.13. The summed E-state index contributed by atoms with van der Waals surface area (Å²) in [7, 11) is -4.19. The smallest absolute Gasteiger partial charge is 0.342 e. The highest BCUT2D eigenvalue weighted by atomic mass is 32.2. The highest BCUT2D eigenvalue weighted by Gasteiger charge is 2.22. The lowest BCUT2D eigenvalue weighted by atomic mass is 10.2. The average molecular weight is 455 g/mol. The van der Waals surface area contributed by atoms with Crippen LogP contribution in [0.25, 0.3) is 0 Å². The first-order valence-corrected chi connectivity index (χ1v) is 11.1. The van der Waals surface area contributed by atoms with Crippen LogP contribution in [0.5, 0.6) is 5.75 Å². The minimum absolute atomic E-state index is 0.0534. The van der Waals surface area contributed by atoms with Gasteiger partial charge in [-0.05, 0) is 56.3 Å². The standard InChI is InChI=1S/C23H22N2O6S/c1-3-30-22(26)20-15-18(25-23(27)24-17-7-5-4-6-8-17)11-14-21(20)31-32(28,29)19-12-9-16(2)10-13-19/h4-15H,3H2,1-2H3,(H2,24,25,27). The van der Waals surface area contributed by atoms with Gasteiger partial charge in [0.1, 0.15) is 10.5 Å². The summed E-state index contributed by atoms with van der Waals surface area (Å²) in [5.41, 5.74) is 1.58. The number of hydrogen-bond donors (Lipinski definition) is 2. The zero-order chi connectivity index (χ0) is 23.1. The predicted molar refractivity (Wildman–Crippen MR) is 120 cm³/mol. The van der Waals surface area contributed by atoms with Crippen LogP contribution < -0.4 is 14.8 Å². The second-order valence-corrected chi connectivity index (χ2v) is 8.27. The number of para-hydroxylation sites is 1. The van der Waals surface area contributed by atoms with Crippen molar-refractivity contribution in [3.05, 3.63) is 83.9 Å². The van der Waals surface area contributed by atoms with Crippen molar-refractivity contribution in [3.8, 4) is 5.75 Å². The molecule has 0 radical (unpaired) electrons. The Kier molecular flexibility index (Phi) is 7.11. The van der Waals surface area contributed by atoms with Crippen molar-refractivity contribution in [1.82, 2.24) is 0 Å². The van der Waals surface area contributed by atoms with E-state index in [1.807, 2.05) is 13.0 Å². The number of esters is 1. The second kappa shape index (κ2) is 9.97. The minimum Gasteiger partial charge on any atom is -0.462 e. The number of ether oxygens (including phenoxy) is 1. The van der Waals surface area contributed by atoms with Gasteiger partial charge < -0.3 is 19.6 Å². The monoisotopic (exact) mass is 454 g/mol. The number of hydrogen-bond acceptors (Lipinski definition) is 6. The van der Waals surface area contributed by atoms with Crippen LogP contribution in [-0.2, 0) is 14.9 Å². The molecule has 166 valence electrons. The summed E-state index contributed by atoms with van der Waals surface area (Å²) in [6.07, 6.45) is 0. The van der Waals surface area contributed by atoms with Crippen molar-refractivity contribution in [2.75, 3.05) is 17.2 Å². The molecule has 0 atom stereocenters. The molecule has 0 saturated carbocycles. The van der Waals surface area contributed by atoms with Crippen LogP contribution in [0, 0.1) is 6.92 Å². The summed E-state index contributed by atoms with van der Waals surface area (Å²) in [4.78, 5) is 24.6. The van der Waals surface area contributed by atoms with Crippen LogP contribution in [-0.4, -0.2) is 27.0 Å². The molecule has 3 rings (SSSR count). The summed E-state index contributed by atoms with van der Waals surface area (Å²) in [5.74, 6) is -0.994. The Morgan fingerprint density at radius 3 is 2.19 bits per heavy atom. The Bertz CT molecular complexity index is 1210. The van der Waals surface area contributed by atoms with Crippen LogP contribution >= 0.6 is 0 Å². The number of benzene rings is 3. The summed E-state index contributed by atoms with van der Waals surface area (Å²) in [5, 5.41) is 5.24. The van der Waals surface area contributed by atoms with Gasteiger partial charge in [0.25, 0.3) is 0 Å². The number of carbonyl (C=O) groups excluding carboxylic acids is 2. The molecule has 0 aliphatic heterocycles. The molecule has 0 aliphatic carbocycles. The predicted octanol–water partition coefficient (Wildman–Crippen LogP) is 4.58. The maximum atomic E-state index is 12.7. The molecule has 0 fully saturated rings. The Labute approximate surface area is 186 Å². The maximum Gasteiger partial charge on any atom is 0.342 e. The number of aryl methyl sites for hydroxylation is 1. The van der Waals surface area contributed by atoms with Gasteiger partial charge in [-0.15, -0.1) is 0 Å². The molecule has 3 aromatic rings. The first kappa shape index (κ1) is 22.8. The highest BCUT2D eigenvalue weighted by Crippen LogP contribution is 2.27. The number of urea groups is 1. The van der Waals surface area contributed by atoms with E-state index in [4.69, 9.17) is 8.92 Å². The summed E-state index contributed by atoms with van der Waals surface area (Å²) >= 11 is 0. The third kappa shape index (κ3) is 5.86. The van der Waals surface area contributed by atoms with Gasteiger partial charge in [0, 0.05) is 11.4 Å². The normalized spacial score (nSPS) is 10.8. The first-order valence-electron chi connectivity index (χ1n) is 9.74. The molecule has 8 nitrogen and oxygen atoms in total. The Hall–Kier alpha value is -3.85. The van der Waals surface area contributed by atoms with Gasteiger partial charge in [0.05, 0.1) is 6.61 Å². The number of nitrogens with one attached hydrogen (secondary N) is 2. The lowest BCUT2D eigenvalue weighted by molar-refractivity contribution is 0.0524. The van der Waals surface area contributed by atoms with Gasteiger partial charge in [0.15, 0.2) is 5.75 Å². The molecule has 9 heteroatoms. The maximum absolute atomic E-state index is 12.7. The van der Waals surface area contributed by atoms with Crippen molar-refractivity contribution in [3.63, 3.8) is 0 Å². The zero-order valence-corrected chi connectivity index (χ0v) is 18.3. The molecular weight excluding hydrogens is 432 g/mol. The van der Waals surface area contributed by atoms with Crippen molar-refractivity contribution in [2.24, 2.45) is 0 Å². The van der Waals surface area contributed by atoms with E-state index in [0.29, 0.717) is 5.69 Å². The van der Waals surface area contributed by atoms with Crippen LogP contribution in [0.2, 0.25) is 0 Å². The van der Waals surface area contributed by atoms with Gasteiger partial charge in [-0.2, -0.15) is 8.42 Å². The Morgan fingerprint density at radius 1 is 0.875 bits per heavy atom. The fraction of sp³-hybridized carbons (Fsp3) is 0.130. The van der Waals surface area contributed by atoms with Gasteiger partial charge in [0.2, 0.25) is 0 Å². The van der Waals surface area contributed by atoms with Crippen molar-refractivity contribution in [1.29, 1.82) is 0 Å². The van der Waals surface area contributed by atoms with Gasteiger partial charge in [-0.3, -0.25) is 0 Å². The fourth-order valence-electron chi connectivity index (χ4n) is 2.73. The van der Waals surface area contributed by atoms with Gasteiger partial charge >= 0.3 is 22.1 Å². The van der Waals surface area contributed by atoms with Gasteiger partial charge in [-0.25, -0.2) is 9.59 Å². The zero-order valence-electron chi connectivity index (χ0n) is 17.5. The second-order valence-electron chi connectivity index (χ2n) is 6.73. The van der Waals surface area contributed by atoms with E-state index in [-0.39, 0.29) is 28.5 Å². The molecule has 2 N–H and O–H groups in total. The molecule has 0 aromatic heterocycles. The molecular formula is C23H22N2O6S. The molecule has 0 bridgehead atoms. The number of rotatable bonds is 7. The molecule has 32 heavy (non-hydrogen) atoms. The van der Waals surface area contributed by atoms with E-state index >= 15 is 0 Å². The Morgan fingerprint density at radius 2 is 1.53 bits per heavy atom. The van der Waals surface area contributed by atoms with Crippen molar-refractivity contribution in [2.45, 2.75) is 18.7 Å². The van der Waals surface area contributed by atoms with Gasteiger partial charge in [-0.1, -0.05) is 35.9 Å². The molecule has 0 spiro atoms. The number of anilines is 2. The van der Waals surface area contributed by atoms with E-state index in [9.17, 15) is 18.0 Å². The topological polar surface area (TPSA) is 111 Å². The van der Waals surface area contributed by atoms with E-state index < -0.39 is 22.1 Å². The SMILES string of the molecule is CCOC(=O)c1cc(NC(=O)Nc2ccccc2)ccc1OS(=O)(=O)c1ccc(C)cc1. The highest BCUT2D eigenvalue weighted by molar-refractivity contribution is 7.87. The van der Waals surface area contributed by atoms with E-state index in [2.05, 4.69) is 10.6 Å². The fourth-order valence-corrected chi connectivity index (χ4v) is 3.68. The van der Waals surface area contributed by atoms with Crippen molar-refractivity contribution >= 4 is 33.5 Å². The molecule has 0 heterocycles.